The first-order valence-corrected chi connectivity index (χ1v) is 8.30. The average Bonchev–Trinajstić information content (AvgIpc) is 3.15. The Balaban J connectivity index is 1.85. The van der Waals surface area contributed by atoms with Gasteiger partial charge < -0.3 is 9.88 Å². The number of nitrogens with one attached hydrogen (secondary N) is 1. The largest absolute Gasteiger partial charge is 0.346 e. The summed E-state index contributed by atoms with van der Waals surface area (Å²) < 4.78 is 0. The van der Waals surface area contributed by atoms with Crippen molar-refractivity contribution in [1.82, 2.24) is 25.1 Å². The molecule has 0 amide bonds. The number of anilines is 1. The maximum Gasteiger partial charge on any atom is 0.244 e. The lowest BCUT2D eigenvalue weighted by molar-refractivity contribution is 0.909. The van der Waals surface area contributed by atoms with Crippen LogP contribution in [0.2, 0.25) is 0 Å². The highest BCUT2D eigenvalue weighted by Crippen LogP contribution is 2.31. The third kappa shape index (κ3) is 3.04. The molecule has 2 aromatic carbocycles. The molecule has 2 aromatic heterocycles. The Hall–Kier alpha value is -3.54. The fraction of sp³-hybridized carbons (Fsp3) is 0.100. The third-order valence-corrected chi connectivity index (χ3v) is 4.00. The first-order chi connectivity index (χ1) is 12.7. The molecule has 4 aromatic rings. The lowest BCUT2D eigenvalue weighted by atomic mass is 10.1. The zero-order valence-electron chi connectivity index (χ0n) is 14.6. The molecule has 2 heterocycles. The molecule has 0 radical (unpaired) electrons. The molecule has 128 valence electrons. The van der Waals surface area contributed by atoms with E-state index in [0.29, 0.717) is 11.6 Å². The number of hydrogen-bond acceptors (Lipinski definition) is 5. The molecule has 26 heavy (non-hydrogen) atoms. The first-order valence-electron chi connectivity index (χ1n) is 8.30. The fourth-order valence-corrected chi connectivity index (χ4v) is 2.68. The normalized spacial score (nSPS) is 10.7. The van der Waals surface area contributed by atoms with Gasteiger partial charge in [-0.2, -0.15) is 0 Å². The topological polar surface area (TPSA) is 70.6 Å². The van der Waals surface area contributed by atoms with Crippen molar-refractivity contribution in [2.75, 3.05) is 19.0 Å². The predicted molar refractivity (Wildman–Crippen MR) is 103 cm³/mol. The van der Waals surface area contributed by atoms with Crippen molar-refractivity contribution in [3.8, 4) is 34.0 Å². The van der Waals surface area contributed by atoms with Crippen LogP contribution in [-0.4, -0.2) is 39.2 Å². The summed E-state index contributed by atoms with van der Waals surface area (Å²) in [5.74, 6) is 1.36. The summed E-state index contributed by atoms with van der Waals surface area (Å²) in [6.07, 6.45) is 1.72. The number of nitrogens with zero attached hydrogens (tertiary/aromatic N) is 5. The van der Waals surface area contributed by atoms with Crippen LogP contribution in [0.25, 0.3) is 34.0 Å². The standard InChI is InChI=1S/C20H18N6/c1-26(2)20-21-13-16(24-25-20)18-17(14-9-5-3-6-10-14)22-19(23-18)15-11-7-4-8-12-15/h3-13H,1-2H3,(H,22,23). The second-order valence-corrected chi connectivity index (χ2v) is 6.08. The van der Waals surface area contributed by atoms with Gasteiger partial charge in [0.15, 0.2) is 0 Å². The van der Waals surface area contributed by atoms with Crippen molar-refractivity contribution >= 4 is 5.95 Å². The van der Waals surface area contributed by atoms with E-state index in [0.717, 1.165) is 28.3 Å². The van der Waals surface area contributed by atoms with Crippen LogP contribution in [0.15, 0.2) is 66.9 Å². The van der Waals surface area contributed by atoms with Crippen LogP contribution in [0.4, 0.5) is 5.95 Å². The molecule has 0 fully saturated rings. The Bertz CT molecular complexity index is 992. The minimum atomic E-state index is 0.567. The van der Waals surface area contributed by atoms with Crippen LogP contribution >= 0.6 is 0 Å². The van der Waals surface area contributed by atoms with Crippen molar-refractivity contribution in [3.63, 3.8) is 0 Å². The zero-order chi connectivity index (χ0) is 17.9. The SMILES string of the molecule is CN(C)c1ncc(-c2[nH]c(-c3ccccc3)nc2-c2ccccc2)nn1. The molecule has 0 saturated heterocycles. The third-order valence-electron chi connectivity index (χ3n) is 4.00. The molecule has 0 aliphatic carbocycles. The van der Waals surface area contributed by atoms with E-state index in [1.165, 1.54) is 0 Å². The summed E-state index contributed by atoms with van der Waals surface area (Å²) in [6.45, 7) is 0. The Morgan fingerprint density at radius 3 is 2.04 bits per heavy atom. The van der Waals surface area contributed by atoms with Crippen LogP contribution in [0, 0.1) is 0 Å². The van der Waals surface area contributed by atoms with Crippen molar-refractivity contribution in [1.29, 1.82) is 0 Å². The highest BCUT2D eigenvalue weighted by Gasteiger charge is 2.17. The molecule has 0 saturated carbocycles. The summed E-state index contributed by atoms with van der Waals surface area (Å²) in [5, 5.41) is 8.53. The smallest absolute Gasteiger partial charge is 0.244 e. The first kappa shape index (κ1) is 16.0. The van der Waals surface area contributed by atoms with Gasteiger partial charge in [-0.1, -0.05) is 60.7 Å². The van der Waals surface area contributed by atoms with Gasteiger partial charge in [0.1, 0.15) is 11.5 Å². The number of H-pyrrole nitrogens is 1. The van der Waals surface area contributed by atoms with Gasteiger partial charge in [0.2, 0.25) is 5.95 Å². The average molecular weight is 342 g/mol. The summed E-state index contributed by atoms with van der Waals surface area (Å²) in [6, 6.07) is 20.1. The predicted octanol–water partition coefficient (Wildman–Crippen LogP) is 3.66. The molecule has 6 nitrogen and oxygen atoms in total. The van der Waals surface area contributed by atoms with Gasteiger partial charge in [0, 0.05) is 25.2 Å². The van der Waals surface area contributed by atoms with E-state index in [2.05, 4.69) is 20.2 Å². The van der Waals surface area contributed by atoms with Gasteiger partial charge in [-0.3, -0.25) is 0 Å². The van der Waals surface area contributed by atoms with Crippen LogP contribution in [0.3, 0.4) is 0 Å². The fourth-order valence-electron chi connectivity index (χ4n) is 2.68. The molecule has 0 bridgehead atoms. The zero-order valence-corrected chi connectivity index (χ0v) is 14.6. The number of rotatable bonds is 4. The van der Waals surface area contributed by atoms with Gasteiger partial charge in [-0.05, 0) is 0 Å². The minimum absolute atomic E-state index is 0.567. The van der Waals surface area contributed by atoms with E-state index in [-0.39, 0.29) is 0 Å². The number of aromatic amines is 1. The van der Waals surface area contributed by atoms with Crippen LogP contribution in [0.1, 0.15) is 0 Å². The minimum Gasteiger partial charge on any atom is -0.346 e. The van der Waals surface area contributed by atoms with E-state index in [4.69, 9.17) is 4.98 Å². The molecule has 1 N–H and O–H groups in total. The summed E-state index contributed by atoms with van der Waals surface area (Å²) in [4.78, 5) is 14.4. The van der Waals surface area contributed by atoms with Crippen LogP contribution in [0.5, 0.6) is 0 Å². The van der Waals surface area contributed by atoms with Crippen molar-refractivity contribution < 1.29 is 0 Å². The van der Waals surface area contributed by atoms with E-state index in [9.17, 15) is 0 Å². The number of benzene rings is 2. The Kier molecular flexibility index (Phi) is 4.15. The van der Waals surface area contributed by atoms with Gasteiger partial charge >= 0.3 is 0 Å². The molecular weight excluding hydrogens is 324 g/mol. The molecule has 4 rings (SSSR count). The summed E-state index contributed by atoms with van der Waals surface area (Å²) in [5.41, 5.74) is 4.32. The van der Waals surface area contributed by atoms with Crippen molar-refractivity contribution in [2.45, 2.75) is 0 Å². The molecule has 0 unspecified atom stereocenters. The van der Waals surface area contributed by atoms with E-state index in [1.807, 2.05) is 79.7 Å². The molecule has 0 atom stereocenters. The van der Waals surface area contributed by atoms with E-state index < -0.39 is 0 Å². The second-order valence-electron chi connectivity index (χ2n) is 6.08. The van der Waals surface area contributed by atoms with E-state index in [1.54, 1.807) is 6.20 Å². The summed E-state index contributed by atoms with van der Waals surface area (Å²) >= 11 is 0. The molecule has 0 aliphatic heterocycles. The number of aromatic nitrogens is 5. The lowest BCUT2D eigenvalue weighted by Gasteiger charge is -2.08. The Labute approximate surface area is 151 Å². The van der Waals surface area contributed by atoms with Gasteiger partial charge in [-0.25, -0.2) is 9.97 Å². The quantitative estimate of drug-likeness (QED) is 0.613. The molecular formula is C20H18N6. The van der Waals surface area contributed by atoms with Crippen molar-refractivity contribution in [2.24, 2.45) is 0 Å². The second kappa shape index (κ2) is 6.76. The summed E-state index contributed by atoms with van der Waals surface area (Å²) in [7, 11) is 3.77. The monoisotopic (exact) mass is 342 g/mol. The molecule has 0 spiro atoms. The van der Waals surface area contributed by atoms with Gasteiger partial charge in [-0.15, -0.1) is 10.2 Å². The van der Waals surface area contributed by atoms with Crippen LogP contribution in [-0.2, 0) is 0 Å². The molecule has 6 heteroatoms. The van der Waals surface area contributed by atoms with Crippen LogP contribution < -0.4 is 4.90 Å². The maximum absolute atomic E-state index is 4.82. The number of hydrogen-bond donors (Lipinski definition) is 1. The van der Waals surface area contributed by atoms with Gasteiger partial charge in [0.25, 0.3) is 0 Å². The Morgan fingerprint density at radius 1 is 0.808 bits per heavy atom. The van der Waals surface area contributed by atoms with E-state index >= 15 is 0 Å². The lowest BCUT2D eigenvalue weighted by Crippen LogP contribution is -2.13. The highest BCUT2D eigenvalue weighted by molar-refractivity contribution is 5.79. The maximum atomic E-state index is 4.82. The van der Waals surface area contributed by atoms with Gasteiger partial charge in [0.05, 0.1) is 17.6 Å². The number of imidazole rings is 1. The Morgan fingerprint density at radius 2 is 1.46 bits per heavy atom. The molecule has 0 aliphatic rings. The highest BCUT2D eigenvalue weighted by atomic mass is 15.3. The van der Waals surface area contributed by atoms with Crippen molar-refractivity contribution in [3.05, 3.63) is 66.9 Å².